The lowest BCUT2D eigenvalue weighted by molar-refractivity contribution is -0.141. The molecule has 11 heteroatoms. The second-order valence-electron chi connectivity index (χ2n) is 8.86. The fraction of sp³-hybridized carbons (Fsp3) is 0.619. The first kappa shape index (κ1) is 22.3. The SMILES string of the molecule is CC[C@H](C)[C@@H](Nc1nnc(-c2ccc(C(F)(F)F)[nH]c2=O)o1)C(=O)N1CCC2(CC1)CC2. The molecule has 2 N–H and O–H groups in total. The lowest BCUT2D eigenvalue weighted by Crippen LogP contribution is -2.49. The summed E-state index contributed by atoms with van der Waals surface area (Å²) in [4.78, 5) is 28.9. The summed E-state index contributed by atoms with van der Waals surface area (Å²) in [6, 6.07) is 1.07. The molecule has 4 rings (SSSR count). The molecule has 2 atom stereocenters. The average molecular weight is 453 g/mol. The van der Waals surface area contributed by atoms with E-state index >= 15 is 0 Å². The third-order valence-corrected chi connectivity index (χ3v) is 6.72. The van der Waals surface area contributed by atoms with Gasteiger partial charge < -0.3 is 19.6 Å². The van der Waals surface area contributed by atoms with Gasteiger partial charge in [-0.15, -0.1) is 5.10 Å². The molecule has 0 aromatic carbocycles. The zero-order valence-electron chi connectivity index (χ0n) is 18.0. The Bertz CT molecular complexity index is 1030. The van der Waals surface area contributed by atoms with Gasteiger partial charge in [0.15, 0.2) is 0 Å². The van der Waals surface area contributed by atoms with E-state index in [2.05, 4.69) is 15.5 Å². The zero-order chi connectivity index (χ0) is 23.1. The molecule has 2 aromatic heterocycles. The van der Waals surface area contributed by atoms with Gasteiger partial charge in [0.05, 0.1) is 0 Å². The van der Waals surface area contributed by atoms with Crippen molar-refractivity contribution in [2.45, 2.75) is 58.2 Å². The van der Waals surface area contributed by atoms with Crippen LogP contribution in [0.1, 0.15) is 51.6 Å². The molecule has 2 fully saturated rings. The number of likely N-dealkylation sites (tertiary alicyclic amines) is 1. The molecular formula is C21H26F3N5O3. The molecule has 0 unspecified atom stereocenters. The number of nitrogens with one attached hydrogen (secondary N) is 2. The molecule has 32 heavy (non-hydrogen) atoms. The van der Waals surface area contributed by atoms with Crippen molar-refractivity contribution in [3.05, 3.63) is 28.2 Å². The number of nitrogens with zero attached hydrogens (tertiary/aromatic N) is 3. The molecule has 2 aromatic rings. The molecule has 0 bridgehead atoms. The molecule has 1 aliphatic carbocycles. The highest BCUT2D eigenvalue weighted by Crippen LogP contribution is 2.53. The number of H-pyrrole nitrogens is 1. The van der Waals surface area contributed by atoms with E-state index in [-0.39, 0.29) is 29.3 Å². The van der Waals surface area contributed by atoms with Crippen LogP contribution in [0.5, 0.6) is 0 Å². The lowest BCUT2D eigenvalue weighted by atomic mass is 9.92. The summed E-state index contributed by atoms with van der Waals surface area (Å²) in [5, 5.41) is 10.6. The van der Waals surface area contributed by atoms with Crippen molar-refractivity contribution in [1.82, 2.24) is 20.1 Å². The lowest BCUT2D eigenvalue weighted by Gasteiger charge is -2.35. The molecule has 3 heterocycles. The standard InChI is InChI=1S/C21H26F3N5O3/c1-3-12(2)15(18(31)29-10-8-20(6-7-20)9-11-29)26-19-28-27-17(32-19)13-4-5-14(21(22,23)24)25-16(13)30/h4-5,12,15H,3,6-11H2,1-2H3,(H,25,30)(H,26,28)/t12-,15+/m0/s1. The number of amides is 1. The fourth-order valence-corrected chi connectivity index (χ4v) is 4.09. The van der Waals surface area contributed by atoms with E-state index in [4.69, 9.17) is 4.42 Å². The summed E-state index contributed by atoms with van der Waals surface area (Å²) >= 11 is 0. The Morgan fingerprint density at radius 1 is 1.25 bits per heavy atom. The monoisotopic (exact) mass is 453 g/mol. The van der Waals surface area contributed by atoms with Crippen LogP contribution < -0.4 is 10.9 Å². The predicted molar refractivity (Wildman–Crippen MR) is 110 cm³/mol. The van der Waals surface area contributed by atoms with E-state index in [1.807, 2.05) is 18.7 Å². The molecule has 8 nitrogen and oxygen atoms in total. The number of carbonyl (C=O) groups excluding carboxylic acids is 1. The van der Waals surface area contributed by atoms with Crippen LogP contribution in [-0.4, -0.2) is 45.1 Å². The zero-order valence-corrected chi connectivity index (χ0v) is 18.0. The number of hydrogen-bond acceptors (Lipinski definition) is 6. The van der Waals surface area contributed by atoms with Gasteiger partial charge in [0.1, 0.15) is 17.3 Å². The first-order valence-corrected chi connectivity index (χ1v) is 10.8. The quantitative estimate of drug-likeness (QED) is 0.692. The average Bonchev–Trinajstić information content (AvgIpc) is 3.34. The Hall–Kier alpha value is -2.85. The van der Waals surface area contributed by atoms with E-state index in [1.165, 1.54) is 12.8 Å². The van der Waals surface area contributed by atoms with Crippen LogP contribution in [0.4, 0.5) is 19.2 Å². The van der Waals surface area contributed by atoms with E-state index in [0.717, 1.165) is 44.5 Å². The molecular weight excluding hydrogens is 427 g/mol. The minimum atomic E-state index is -4.67. The highest BCUT2D eigenvalue weighted by molar-refractivity contribution is 5.84. The van der Waals surface area contributed by atoms with Gasteiger partial charge in [0, 0.05) is 13.1 Å². The van der Waals surface area contributed by atoms with Crippen molar-refractivity contribution in [2.24, 2.45) is 11.3 Å². The molecule has 1 saturated heterocycles. The maximum atomic E-state index is 13.2. The van der Waals surface area contributed by atoms with Gasteiger partial charge >= 0.3 is 12.2 Å². The molecule has 1 amide bonds. The minimum Gasteiger partial charge on any atom is -0.403 e. The first-order chi connectivity index (χ1) is 15.1. The topological polar surface area (TPSA) is 104 Å². The highest BCUT2D eigenvalue weighted by Gasteiger charge is 2.46. The van der Waals surface area contributed by atoms with Crippen molar-refractivity contribution in [1.29, 1.82) is 0 Å². The number of anilines is 1. The third kappa shape index (κ3) is 4.51. The van der Waals surface area contributed by atoms with Crippen LogP contribution in [-0.2, 0) is 11.0 Å². The number of carbonyl (C=O) groups is 1. The number of aromatic nitrogens is 3. The Morgan fingerprint density at radius 2 is 1.94 bits per heavy atom. The maximum absolute atomic E-state index is 13.2. The molecule has 1 spiro atoms. The maximum Gasteiger partial charge on any atom is 0.431 e. The summed E-state index contributed by atoms with van der Waals surface area (Å²) in [7, 11) is 0. The number of hydrogen-bond donors (Lipinski definition) is 2. The van der Waals surface area contributed by atoms with Crippen LogP contribution in [0, 0.1) is 11.3 Å². The van der Waals surface area contributed by atoms with Crippen molar-refractivity contribution in [2.75, 3.05) is 18.4 Å². The number of halogens is 3. The van der Waals surface area contributed by atoms with E-state index in [0.29, 0.717) is 5.41 Å². The molecule has 174 valence electrons. The Balaban J connectivity index is 1.49. The van der Waals surface area contributed by atoms with E-state index in [9.17, 15) is 22.8 Å². The van der Waals surface area contributed by atoms with Gasteiger partial charge in [-0.05, 0) is 49.1 Å². The van der Waals surface area contributed by atoms with Gasteiger partial charge in [-0.3, -0.25) is 9.59 Å². The highest BCUT2D eigenvalue weighted by atomic mass is 19.4. The summed E-state index contributed by atoms with van der Waals surface area (Å²) in [5.74, 6) is -0.294. The summed E-state index contributed by atoms with van der Waals surface area (Å²) < 4.78 is 43.8. The summed E-state index contributed by atoms with van der Waals surface area (Å²) in [6.07, 6.45) is 0.601. The number of aromatic amines is 1. The summed E-state index contributed by atoms with van der Waals surface area (Å²) in [6.45, 7) is 5.37. The summed E-state index contributed by atoms with van der Waals surface area (Å²) in [5.41, 5.74) is -1.89. The van der Waals surface area contributed by atoms with Crippen LogP contribution in [0.3, 0.4) is 0 Å². The molecule has 0 radical (unpaired) electrons. The van der Waals surface area contributed by atoms with Gasteiger partial charge in [-0.25, -0.2) is 0 Å². The smallest absolute Gasteiger partial charge is 0.403 e. The van der Waals surface area contributed by atoms with Crippen molar-refractivity contribution in [3.8, 4) is 11.5 Å². The Labute approximate surface area is 182 Å². The largest absolute Gasteiger partial charge is 0.431 e. The first-order valence-electron chi connectivity index (χ1n) is 10.8. The van der Waals surface area contributed by atoms with Gasteiger partial charge in [0.2, 0.25) is 5.91 Å². The number of alkyl halides is 3. The van der Waals surface area contributed by atoms with Gasteiger partial charge in [0.25, 0.3) is 11.4 Å². The second kappa shape index (κ2) is 8.25. The van der Waals surface area contributed by atoms with E-state index < -0.39 is 23.5 Å². The second-order valence-corrected chi connectivity index (χ2v) is 8.86. The van der Waals surface area contributed by atoms with E-state index in [1.54, 1.807) is 4.98 Å². The van der Waals surface area contributed by atoms with Gasteiger partial charge in [-0.2, -0.15) is 13.2 Å². The van der Waals surface area contributed by atoms with Crippen LogP contribution in [0.15, 0.2) is 21.3 Å². The van der Waals surface area contributed by atoms with Crippen molar-refractivity contribution in [3.63, 3.8) is 0 Å². The number of pyridine rings is 1. The minimum absolute atomic E-state index is 0.0240. The van der Waals surface area contributed by atoms with Crippen molar-refractivity contribution < 1.29 is 22.4 Å². The molecule has 1 saturated carbocycles. The predicted octanol–water partition coefficient (Wildman–Crippen LogP) is 3.67. The van der Waals surface area contributed by atoms with Crippen molar-refractivity contribution >= 4 is 11.9 Å². The van der Waals surface area contributed by atoms with Gasteiger partial charge in [-0.1, -0.05) is 25.4 Å². The van der Waals surface area contributed by atoms with Crippen LogP contribution in [0.25, 0.3) is 11.5 Å². The molecule has 1 aliphatic heterocycles. The molecule has 2 aliphatic rings. The third-order valence-electron chi connectivity index (χ3n) is 6.72. The van der Waals surface area contributed by atoms with Crippen LogP contribution >= 0.6 is 0 Å². The van der Waals surface area contributed by atoms with Crippen LogP contribution in [0.2, 0.25) is 0 Å². The fourth-order valence-electron chi connectivity index (χ4n) is 4.09. The number of rotatable bonds is 6. The Morgan fingerprint density at radius 3 is 2.50 bits per heavy atom. The number of piperidine rings is 1. The Kier molecular flexibility index (Phi) is 5.76. The normalized spacial score (nSPS) is 19.6.